The molecule has 2 heterocycles. The first-order valence-electron chi connectivity index (χ1n) is 11.0. The fraction of sp³-hybridized carbons (Fsp3) is 0.333. The molecule has 4 rings (SSSR count). The molecule has 0 spiro atoms. The van der Waals surface area contributed by atoms with Crippen LogP contribution < -0.4 is 10.0 Å². The highest BCUT2D eigenvalue weighted by Gasteiger charge is 2.44. The number of nitrogens with zero attached hydrogens (tertiary/aromatic N) is 2. The normalized spacial score (nSPS) is 20.6. The molecule has 2 fully saturated rings. The third kappa shape index (κ3) is 4.96. The van der Waals surface area contributed by atoms with Gasteiger partial charge in [-0.15, -0.1) is 0 Å². The van der Waals surface area contributed by atoms with Crippen molar-refractivity contribution in [2.75, 3.05) is 39.4 Å². The molecular formula is C24H24ClN3O6. The van der Waals surface area contributed by atoms with Gasteiger partial charge in [-0.3, -0.25) is 19.7 Å². The number of nitrogens with one attached hydrogen (secondary N) is 1. The molecule has 0 aliphatic carbocycles. The molecule has 1 N–H and O–H groups in total. The van der Waals surface area contributed by atoms with E-state index in [-0.39, 0.29) is 23.4 Å². The predicted octanol–water partition coefficient (Wildman–Crippen LogP) is 0.777. The number of carbonyl (C=O) groups excluding carboxylic acids is 2. The second-order valence-corrected chi connectivity index (χ2v) is 8.73. The Labute approximate surface area is 201 Å². The van der Waals surface area contributed by atoms with Gasteiger partial charge in [0.2, 0.25) is 5.78 Å². The largest absolute Gasteiger partial charge is 0.872 e. The number of rotatable bonds is 7. The molecule has 1 amide bonds. The molecule has 2 aromatic carbocycles. The first-order valence-corrected chi connectivity index (χ1v) is 11.4. The minimum atomic E-state index is -0.997. The summed E-state index contributed by atoms with van der Waals surface area (Å²) in [6.07, 6.45) is 0.613. The van der Waals surface area contributed by atoms with Crippen LogP contribution in [0.5, 0.6) is 0 Å². The van der Waals surface area contributed by atoms with Gasteiger partial charge in [-0.1, -0.05) is 41.6 Å². The summed E-state index contributed by atoms with van der Waals surface area (Å²) in [6.45, 7) is 4.13. The van der Waals surface area contributed by atoms with Crippen molar-refractivity contribution in [2.45, 2.75) is 12.5 Å². The first-order chi connectivity index (χ1) is 16.4. The standard InChI is InChI=1S/C24H24ClN3O6/c25-18-7-5-16(6-8-18)22(29)20-21(17-3-1-4-19(15-17)28(32)33)27(24(31)23(20)30)10-2-9-26-11-13-34-14-12-26/h1,3-8,15,21,29H,2,9-14H2/b22-20+. The number of ether oxygens (including phenoxy) is 1. The van der Waals surface area contributed by atoms with Crippen molar-refractivity contribution in [1.29, 1.82) is 0 Å². The van der Waals surface area contributed by atoms with Crippen molar-refractivity contribution in [1.82, 2.24) is 4.90 Å². The second kappa shape index (κ2) is 10.3. The number of morpholine rings is 1. The fourth-order valence-electron chi connectivity index (χ4n) is 4.42. The number of carbonyl (C=O) groups is 2. The Balaban J connectivity index is 1.70. The number of hydrogen-bond acceptors (Lipinski definition) is 6. The van der Waals surface area contributed by atoms with Gasteiger partial charge in [-0.25, -0.2) is 0 Å². The zero-order valence-corrected chi connectivity index (χ0v) is 19.1. The average molecular weight is 486 g/mol. The van der Waals surface area contributed by atoms with Crippen LogP contribution in [0.2, 0.25) is 5.02 Å². The molecule has 0 bridgehead atoms. The summed E-state index contributed by atoms with van der Waals surface area (Å²) in [5.74, 6) is -2.24. The highest BCUT2D eigenvalue weighted by molar-refractivity contribution is 6.46. The number of non-ortho nitro benzene ring substituents is 1. The highest BCUT2D eigenvalue weighted by Crippen LogP contribution is 2.39. The molecule has 0 aromatic heterocycles. The van der Waals surface area contributed by atoms with Gasteiger partial charge in [0.1, 0.15) is 13.1 Å². The van der Waals surface area contributed by atoms with Crippen LogP contribution in [0.4, 0.5) is 5.69 Å². The van der Waals surface area contributed by atoms with E-state index in [1.54, 1.807) is 6.07 Å². The Bertz CT molecular complexity index is 1130. The molecule has 2 saturated heterocycles. The summed E-state index contributed by atoms with van der Waals surface area (Å²) in [5.41, 5.74) is 0.187. The molecule has 2 aliphatic rings. The third-order valence-corrected chi connectivity index (χ3v) is 6.41. The van der Waals surface area contributed by atoms with Crippen molar-refractivity contribution in [3.05, 3.63) is 80.4 Å². The predicted molar refractivity (Wildman–Crippen MR) is 122 cm³/mol. The second-order valence-electron chi connectivity index (χ2n) is 8.30. The van der Waals surface area contributed by atoms with E-state index in [0.717, 1.165) is 19.6 Å². The lowest BCUT2D eigenvalue weighted by atomic mass is 9.95. The van der Waals surface area contributed by atoms with Gasteiger partial charge in [0.15, 0.2) is 0 Å². The van der Waals surface area contributed by atoms with Crippen molar-refractivity contribution < 1.29 is 29.3 Å². The van der Waals surface area contributed by atoms with E-state index in [4.69, 9.17) is 16.3 Å². The number of amides is 1. The lowest BCUT2D eigenvalue weighted by Gasteiger charge is -2.28. The van der Waals surface area contributed by atoms with Crippen LogP contribution in [0.1, 0.15) is 23.6 Å². The summed E-state index contributed by atoms with van der Waals surface area (Å²) >= 11 is 5.92. The van der Waals surface area contributed by atoms with E-state index < -0.39 is 28.4 Å². The van der Waals surface area contributed by atoms with Crippen LogP contribution in [-0.4, -0.2) is 60.9 Å². The molecule has 9 nitrogen and oxygen atoms in total. The molecular weight excluding hydrogens is 462 g/mol. The van der Waals surface area contributed by atoms with Crippen LogP contribution in [0, 0.1) is 10.1 Å². The van der Waals surface area contributed by atoms with Crippen LogP contribution >= 0.6 is 11.6 Å². The Kier molecular flexibility index (Phi) is 7.26. The van der Waals surface area contributed by atoms with Crippen molar-refractivity contribution >= 4 is 34.7 Å². The fourth-order valence-corrected chi connectivity index (χ4v) is 4.55. The quantitative estimate of drug-likeness (QED) is 0.203. The molecule has 1 atom stereocenters. The number of benzene rings is 2. The smallest absolute Gasteiger partial charge is 0.295 e. The molecule has 178 valence electrons. The van der Waals surface area contributed by atoms with E-state index in [0.29, 0.717) is 30.2 Å². The van der Waals surface area contributed by atoms with Crippen LogP contribution in [0.3, 0.4) is 0 Å². The molecule has 10 heteroatoms. The third-order valence-electron chi connectivity index (χ3n) is 6.16. The number of nitro benzene ring substituents is 1. The Morgan fingerprint density at radius 3 is 2.53 bits per heavy atom. The summed E-state index contributed by atoms with van der Waals surface area (Å²) < 4.78 is 5.37. The van der Waals surface area contributed by atoms with Gasteiger partial charge < -0.3 is 19.6 Å². The lowest BCUT2D eigenvalue weighted by Crippen LogP contribution is -3.14. The number of halogens is 1. The minimum absolute atomic E-state index is 0.180. The molecule has 2 aliphatic heterocycles. The maximum Gasteiger partial charge on any atom is 0.295 e. The number of nitro groups is 1. The summed E-state index contributed by atoms with van der Waals surface area (Å²) in [5, 5.41) is 25.1. The number of Topliss-reactive ketones (excluding diaryl/α,β-unsaturated/α-hetero) is 1. The molecule has 1 unspecified atom stereocenters. The molecule has 2 aromatic rings. The van der Waals surface area contributed by atoms with Gasteiger partial charge in [0.25, 0.3) is 11.6 Å². The summed E-state index contributed by atoms with van der Waals surface area (Å²) in [6, 6.07) is 10.8. The number of ketones is 1. The van der Waals surface area contributed by atoms with Gasteiger partial charge in [0, 0.05) is 35.7 Å². The van der Waals surface area contributed by atoms with Crippen molar-refractivity contribution in [3.63, 3.8) is 0 Å². The van der Waals surface area contributed by atoms with Gasteiger partial charge in [0.05, 0.1) is 30.7 Å². The van der Waals surface area contributed by atoms with E-state index in [9.17, 15) is 24.8 Å². The summed E-state index contributed by atoms with van der Waals surface area (Å²) in [4.78, 5) is 39.6. The van der Waals surface area contributed by atoms with E-state index in [1.807, 2.05) is 0 Å². The maximum atomic E-state index is 13.4. The Morgan fingerprint density at radius 1 is 1.15 bits per heavy atom. The van der Waals surface area contributed by atoms with Gasteiger partial charge >= 0.3 is 0 Å². The van der Waals surface area contributed by atoms with Gasteiger partial charge in [-0.2, -0.15) is 0 Å². The average Bonchev–Trinajstić information content (AvgIpc) is 3.10. The van der Waals surface area contributed by atoms with Crippen molar-refractivity contribution in [3.8, 4) is 0 Å². The van der Waals surface area contributed by atoms with Crippen molar-refractivity contribution in [2.24, 2.45) is 0 Å². The molecule has 0 saturated carbocycles. The Morgan fingerprint density at radius 2 is 1.85 bits per heavy atom. The monoisotopic (exact) mass is 485 g/mol. The van der Waals surface area contributed by atoms with Crippen LogP contribution in [-0.2, 0) is 14.3 Å². The first kappa shape index (κ1) is 23.9. The summed E-state index contributed by atoms with van der Waals surface area (Å²) in [7, 11) is 0. The van der Waals surface area contributed by atoms with E-state index >= 15 is 0 Å². The Hall–Kier alpha value is -3.27. The zero-order chi connectivity index (χ0) is 24.2. The molecule has 34 heavy (non-hydrogen) atoms. The van der Waals surface area contributed by atoms with Crippen LogP contribution in [0.25, 0.3) is 5.76 Å². The minimum Gasteiger partial charge on any atom is -0.872 e. The SMILES string of the molecule is O=C1C(=O)N(CCC[NH+]2CCOCC2)C(c2cccc([N+](=O)[O-])c2)/C1=C(\[O-])c1ccc(Cl)cc1. The van der Waals surface area contributed by atoms with E-state index in [1.165, 1.54) is 52.3 Å². The number of hydrogen-bond donors (Lipinski definition) is 1. The number of likely N-dealkylation sites (tertiary alicyclic amines) is 1. The van der Waals surface area contributed by atoms with Gasteiger partial charge in [-0.05, 0) is 23.3 Å². The molecule has 0 radical (unpaired) electrons. The highest BCUT2D eigenvalue weighted by atomic mass is 35.5. The lowest BCUT2D eigenvalue weighted by molar-refractivity contribution is -0.908. The maximum absolute atomic E-state index is 13.4. The van der Waals surface area contributed by atoms with Crippen LogP contribution in [0.15, 0.2) is 54.1 Å². The topological polar surface area (TPSA) is 117 Å². The van der Waals surface area contributed by atoms with E-state index in [2.05, 4.69) is 0 Å². The zero-order valence-electron chi connectivity index (χ0n) is 18.4. The number of quaternary nitrogens is 1.